The summed E-state index contributed by atoms with van der Waals surface area (Å²) in [6.45, 7) is 4.56. The van der Waals surface area contributed by atoms with Crippen molar-refractivity contribution in [1.82, 2.24) is 10.2 Å². The van der Waals surface area contributed by atoms with Gasteiger partial charge >= 0.3 is 0 Å². The van der Waals surface area contributed by atoms with Crippen LogP contribution in [0.2, 0.25) is 0 Å². The van der Waals surface area contributed by atoms with Crippen LogP contribution < -0.4 is 11.1 Å². The summed E-state index contributed by atoms with van der Waals surface area (Å²) in [5.41, 5.74) is 5.14. The third-order valence-electron chi connectivity index (χ3n) is 2.81. The molecule has 0 bridgehead atoms. The molecule has 5 heteroatoms. The Morgan fingerprint density at radius 1 is 1.44 bits per heavy atom. The standard InChI is InChI=1S/C11H21N3O2/c1-2-3-4-14(8-10(12)15)11(16)5-9-6-13-7-9/h9,13H,2-8H2,1H3,(H2,12,15). The van der Waals surface area contributed by atoms with Crippen molar-refractivity contribution >= 4 is 11.8 Å². The first-order chi connectivity index (χ1) is 7.63. The number of hydrogen-bond acceptors (Lipinski definition) is 3. The van der Waals surface area contributed by atoms with E-state index in [-0.39, 0.29) is 12.5 Å². The lowest BCUT2D eigenvalue weighted by molar-refractivity contribution is -0.136. The molecule has 0 aromatic heterocycles. The van der Waals surface area contributed by atoms with Gasteiger partial charge in [-0.15, -0.1) is 0 Å². The van der Waals surface area contributed by atoms with E-state index < -0.39 is 5.91 Å². The van der Waals surface area contributed by atoms with Crippen molar-refractivity contribution in [2.75, 3.05) is 26.2 Å². The van der Waals surface area contributed by atoms with Gasteiger partial charge in [0.25, 0.3) is 0 Å². The number of nitrogens with zero attached hydrogens (tertiary/aromatic N) is 1. The zero-order valence-corrected chi connectivity index (χ0v) is 9.87. The second-order valence-corrected chi connectivity index (χ2v) is 4.36. The normalized spacial score (nSPS) is 15.6. The molecule has 0 unspecified atom stereocenters. The molecule has 0 aromatic carbocycles. The van der Waals surface area contributed by atoms with E-state index in [1.807, 2.05) is 0 Å². The number of rotatable bonds is 7. The van der Waals surface area contributed by atoms with Gasteiger partial charge in [0.15, 0.2) is 0 Å². The van der Waals surface area contributed by atoms with E-state index in [4.69, 9.17) is 5.73 Å². The first-order valence-electron chi connectivity index (χ1n) is 5.90. The molecule has 2 amide bonds. The Morgan fingerprint density at radius 2 is 2.12 bits per heavy atom. The Labute approximate surface area is 96.4 Å². The molecule has 3 N–H and O–H groups in total. The fraction of sp³-hybridized carbons (Fsp3) is 0.818. The van der Waals surface area contributed by atoms with E-state index in [1.165, 1.54) is 0 Å². The highest BCUT2D eigenvalue weighted by Crippen LogP contribution is 2.11. The van der Waals surface area contributed by atoms with Gasteiger partial charge in [-0.2, -0.15) is 0 Å². The van der Waals surface area contributed by atoms with Gasteiger partial charge in [-0.25, -0.2) is 0 Å². The van der Waals surface area contributed by atoms with Gasteiger partial charge in [-0.1, -0.05) is 13.3 Å². The highest BCUT2D eigenvalue weighted by molar-refractivity contribution is 5.84. The van der Waals surface area contributed by atoms with Crippen LogP contribution in [0, 0.1) is 5.92 Å². The molecule has 1 aliphatic heterocycles. The number of unbranched alkanes of at least 4 members (excludes halogenated alkanes) is 1. The lowest BCUT2D eigenvalue weighted by Gasteiger charge is -2.29. The van der Waals surface area contributed by atoms with Gasteiger partial charge in [0.05, 0.1) is 6.54 Å². The van der Waals surface area contributed by atoms with Crippen LogP contribution in [-0.2, 0) is 9.59 Å². The lowest BCUT2D eigenvalue weighted by Crippen LogP contribution is -2.46. The average Bonchev–Trinajstić information content (AvgIpc) is 2.17. The molecule has 5 nitrogen and oxygen atoms in total. The first kappa shape index (κ1) is 13.0. The number of amides is 2. The summed E-state index contributed by atoms with van der Waals surface area (Å²) in [5.74, 6) is 0.0550. The molecular weight excluding hydrogens is 206 g/mol. The Balaban J connectivity index is 2.38. The quantitative estimate of drug-likeness (QED) is 0.627. The summed E-state index contributed by atoms with van der Waals surface area (Å²) in [5, 5.41) is 3.13. The minimum Gasteiger partial charge on any atom is -0.368 e. The largest absolute Gasteiger partial charge is 0.368 e. The van der Waals surface area contributed by atoms with Crippen LogP contribution in [0.15, 0.2) is 0 Å². The number of nitrogens with two attached hydrogens (primary N) is 1. The number of carbonyl (C=O) groups is 2. The molecule has 0 aromatic rings. The van der Waals surface area contributed by atoms with Gasteiger partial charge in [-0.05, 0) is 25.4 Å². The van der Waals surface area contributed by atoms with Crippen LogP contribution in [0.4, 0.5) is 0 Å². The van der Waals surface area contributed by atoms with E-state index in [0.29, 0.717) is 18.9 Å². The second-order valence-electron chi connectivity index (χ2n) is 4.36. The fourth-order valence-corrected chi connectivity index (χ4v) is 1.70. The van der Waals surface area contributed by atoms with Crippen LogP contribution in [0.1, 0.15) is 26.2 Å². The van der Waals surface area contributed by atoms with E-state index in [9.17, 15) is 9.59 Å². The number of primary amides is 1. The molecule has 1 rings (SSSR count). The number of nitrogens with one attached hydrogen (secondary N) is 1. The van der Waals surface area contributed by atoms with Crippen LogP contribution in [-0.4, -0.2) is 42.9 Å². The fourth-order valence-electron chi connectivity index (χ4n) is 1.70. The summed E-state index contributed by atoms with van der Waals surface area (Å²) >= 11 is 0. The topological polar surface area (TPSA) is 75.4 Å². The summed E-state index contributed by atoms with van der Waals surface area (Å²) in [7, 11) is 0. The monoisotopic (exact) mass is 227 g/mol. The molecule has 16 heavy (non-hydrogen) atoms. The number of hydrogen-bond donors (Lipinski definition) is 2. The summed E-state index contributed by atoms with van der Waals surface area (Å²) in [6.07, 6.45) is 2.46. The molecule has 1 aliphatic rings. The second kappa shape index (κ2) is 6.48. The average molecular weight is 227 g/mol. The molecule has 0 atom stereocenters. The van der Waals surface area contributed by atoms with Crippen LogP contribution in [0.5, 0.6) is 0 Å². The van der Waals surface area contributed by atoms with E-state index in [2.05, 4.69) is 12.2 Å². The van der Waals surface area contributed by atoms with Crippen molar-refractivity contribution in [2.45, 2.75) is 26.2 Å². The third-order valence-corrected chi connectivity index (χ3v) is 2.81. The van der Waals surface area contributed by atoms with Crippen molar-refractivity contribution in [3.05, 3.63) is 0 Å². The molecule has 0 spiro atoms. The molecule has 0 aliphatic carbocycles. The molecule has 1 fully saturated rings. The summed E-state index contributed by atoms with van der Waals surface area (Å²) in [4.78, 5) is 24.3. The van der Waals surface area contributed by atoms with E-state index >= 15 is 0 Å². The molecule has 0 saturated carbocycles. The summed E-state index contributed by atoms with van der Waals surface area (Å²) < 4.78 is 0. The SMILES string of the molecule is CCCCN(CC(N)=O)C(=O)CC1CNC1. The zero-order chi connectivity index (χ0) is 12.0. The highest BCUT2D eigenvalue weighted by Gasteiger charge is 2.23. The molecule has 0 radical (unpaired) electrons. The minimum absolute atomic E-state index is 0.0544. The van der Waals surface area contributed by atoms with Gasteiger partial charge in [0.2, 0.25) is 11.8 Å². The molecule has 1 heterocycles. The Morgan fingerprint density at radius 3 is 2.56 bits per heavy atom. The maximum atomic E-state index is 11.9. The maximum absolute atomic E-state index is 11.9. The molecule has 92 valence electrons. The Kier molecular flexibility index (Phi) is 5.25. The van der Waals surface area contributed by atoms with Crippen LogP contribution in [0.3, 0.4) is 0 Å². The number of carbonyl (C=O) groups excluding carboxylic acids is 2. The van der Waals surface area contributed by atoms with Gasteiger partial charge in [-0.3, -0.25) is 9.59 Å². The Bertz CT molecular complexity index is 252. The van der Waals surface area contributed by atoms with Crippen molar-refractivity contribution < 1.29 is 9.59 Å². The smallest absolute Gasteiger partial charge is 0.237 e. The summed E-state index contributed by atoms with van der Waals surface area (Å²) in [6, 6.07) is 0. The maximum Gasteiger partial charge on any atom is 0.237 e. The molecular formula is C11H21N3O2. The zero-order valence-electron chi connectivity index (χ0n) is 9.87. The molecule has 1 saturated heterocycles. The Hall–Kier alpha value is -1.10. The van der Waals surface area contributed by atoms with Crippen molar-refractivity contribution in [1.29, 1.82) is 0 Å². The minimum atomic E-state index is -0.434. The van der Waals surface area contributed by atoms with Gasteiger partial charge in [0.1, 0.15) is 0 Å². The highest BCUT2D eigenvalue weighted by atomic mass is 16.2. The van der Waals surface area contributed by atoms with Crippen molar-refractivity contribution in [3.8, 4) is 0 Å². The third kappa shape index (κ3) is 4.18. The predicted molar refractivity (Wildman–Crippen MR) is 61.7 cm³/mol. The predicted octanol–water partition coefficient (Wildman–Crippen LogP) is -0.290. The van der Waals surface area contributed by atoms with Crippen LogP contribution in [0.25, 0.3) is 0 Å². The van der Waals surface area contributed by atoms with Gasteiger partial charge in [0, 0.05) is 13.0 Å². The lowest BCUT2D eigenvalue weighted by atomic mass is 9.98. The van der Waals surface area contributed by atoms with E-state index in [0.717, 1.165) is 25.9 Å². The van der Waals surface area contributed by atoms with Crippen LogP contribution >= 0.6 is 0 Å². The van der Waals surface area contributed by atoms with Crippen molar-refractivity contribution in [3.63, 3.8) is 0 Å². The first-order valence-corrected chi connectivity index (χ1v) is 5.90. The van der Waals surface area contributed by atoms with E-state index in [1.54, 1.807) is 4.90 Å². The van der Waals surface area contributed by atoms with Gasteiger partial charge < -0.3 is 16.0 Å². The van der Waals surface area contributed by atoms with Crippen molar-refractivity contribution in [2.24, 2.45) is 11.7 Å².